The molecule has 0 radical (unpaired) electrons. The van der Waals surface area contributed by atoms with Gasteiger partial charge in [0.05, 0.1) is 11.0 Å². The van der Waals surface area contributed by atoms with Crippen LogP contribution in [0.25, 0.3) is 11.1 Å². The summed E-state index contributed by atoms with van der Waals surface area (Å²) in [6, 6.07) is 18.3. The highest BCUT2D eigenvalue weighted by Gasteiger charge is 2.51. The number of hydrogen-bond acceptors (Lipinski definition) is 4. The summed E-state index contributed by atoms with van der Waals surface area (Å²) in [5.41, 5.74) is 4.23. The van der Waals surface area contributed by atoms with Gasteiger partial charge in [0.1, 0.15) is 13.2 Å². The molecule has 0 spiro atoms. The van der Waals surface area contributed by atoms with Crippen LogP contribution < -0.4 is 14.8 Å². The molecule has 162 valence electrons. The molecule has 5 rings (SSSR count). The summed E-state index contributed by atoms with van der Waals surface area (Å²) in [6.07, 6.45) is 1.57. The first-order valence-electron chi connectivity index (χ1n) is 10.6. The van der Waals surface area contributed by atoms with Crippen LogP contribution in [-0.4, -0.2) is 30.2 Å². The van der Waals surface area contributed by atoms with Gasteiger partial charge in [0, 0.05) is 5.69 Å². The minimum Gasteiger partial charge on any atom is -0.486 e. The third-order valence-corrected chi connectivity index (χ3v) is 6.22. The molecule has 6 heteroatoms. The average molecular weight is 429 g/mol. The Morgan fingerprint density at radius 1 is 0.906 bits per heavy atom. The Balaban J connectivity index is 1.39. The molecule has 32 heavy (non-hydrogen) atoms. The van der Waals surface area contributed by atoms with Gasteiger partial charge in [-0.1, -0.05) is 24.3 Å². The number of fused-ring (bicyclic) bond motifs is 1. The second-order valence-electron chi connectivity index (χ2n) is 8.31. The number of carboxylic acid groups (broad SMARTS) is 1. The summed E-state index contributed by atoms with van der Waals surface area (Å²) in [6.45, 7) is 3.03. The molecule has 0 saturated heterocycles. The fraction of sp³-hybridized carbons (Fsp3) is 0.231. The van der Waals surface area contributed by atoms with Crippen LogP contribution in [0.5, 0.6) is 11.5 Å². The zero-order chi connectivity index (χ0) is 22.3. The lowest BCUT2D eigenvalue weighted by molar-refractivity contribution is -0.118. The molecule has 1 saturated carbocycles. The minimum atomic E-state index is -0.955. The number of anilines is 1. The molecule has 3 aromatic carbocycles. The number of rotatable bonds is 5. The number of carboxylic acids is 1. The molecular formula is C26H23NO5. The van der Waals surface area contributed by atoms with Gasteiger partial charge in [0.15, 0.2) is 11.5 Å². The Morgan fingerprint density at radius 3 is 2.31 bits per heavy atom. The Labute approximate surface area is 185 Å². The van der Waals surface area contributed by atoms with E-state index in [1.807, 2.05) is 43.3 Å². The van der Waals surface area contributed by atoms with Gasteiger partial charge in [-0.2, -0.15) is 0 Å². The second-order valence-corrected chi connectivity index (χ2v) is 8.31. The fourth-order valence-corrected chi connectivity index (χ4v) is 4.17. The van der Waals surface area contributed by atoms with Crippen LogP contribution in [0, 0.1) is 6.92 Å². The van der Waals surface area contributed by atoms with Crippen LogP contribution in [-0.2, 0) is 10.2 Å². The van der Waals surface area contributed by atoms with Crippen LogP contribution >= 0.6 is 0 Å². The van der Waals surface area contributed by atoms with Crippen molar-refractivity contribution in [2.24, 2.45) is 0 Å². The van der Waals surface area contributed by atoms with Crippen molar-refractivity contribution in [1.82, 2.24) is 0 Å². The topological polar surface area (TPSA) is 84.9 Å². The van der Waals surface area contributed by atoms with E-state index in [2.05, 4.69) is 5.32 Å². The van der Waals surface area contributed by atoms with E-state index in [0.717, 1.165) is 35.1 Å². The predicted molar refractivity (Wildman–Crippen MR) is 121 cm³/mol. The highest BCUT2D eigenvalue weighted by molar-refractivity contribution is 6.02. The average Bonchev–Trinajstić information content (AvgIpc) is 3.62. The lowest BCUT2D eigenvalue weighted by Crippen LogP contribution is -2.28. The number of aromatic carboxylic acids is 1. The maximum absolute atomic E-state index is 13.3. The zero-order valence-corrected chi connectivity index (χ0v) is 17.7. The number of benzene rings is 3. The number of ether oxygens (including phenoxy) is 2. The molecular weight excluding hydrogens is 406 g/mol. The largest absolute Gasteiger partial charge is 0.486 e. The van der Waals surface area contributed by atoms with Gasteiger partial charge in [-0.3, -0.25) is 4.79 Å². The third kappa shape index (κ3) is 3.58. The van der Waals surface area contributed by atoms with Crippen molar-refractivity contribution in [3.05, 3.63) is 77.4 Å². The first-order chi connectivity index (χ1) is 15.5. The number of carbonyl (C=O) groups is 2. The molecule has 6 nitrogen and oxygen atoms in total. The Morgan fingerprint density at radius 2 is 1.62 bits per heavy atom. The number of nitrogens with one attached hydrogen (secondary N) is 1. The fourth-order valence-electron chi connectivity index (χ4n) is 4.17. The van der Waals surface area contributed by atoms with E-state index in [1.165, 1.54) is 0 Å². The molecule has 0 aromatic heterocycles. The van der Waals surface area contributed by atoms with Gasteiger partial charge >= 0.3 is 5.97 Å². The summed E-state index contributed by atoms with van der Waals surface area (Å²) in [7, 11) is 0. The van der Waals surface area contributed by atoms with Crippen LogP contribution in [0.3, 0.4) is 0 Å². The van der Waals surface area contributed by atoms with Crippen molar-refractivity contribution in [1.29, 1.82) is 0 Å². The molecule has 1 aliphatic carbocycles. The maximum atomic E-state index is 13.3. The first-order valence-corrected chi connectivity index (χ1v) is 10.6. The van der Waals surface area contributed by atoms with Gasteiger partial charge in [-0.15, -0.1) is 0 Å². The number of carbonyl (C=O) groups excluding carboxylic acids is 1. The van der Waals surface area contributed by atoms with E-state index in [-0.39, 0.29) is 11.5 Å². The van der Waals surface area contributed by atoms with Gasteiger partial charge in [0.2, 0.25) is 5.91 Å². The summed E-state index contributed by atoms with van der Waals surface area (Å²) in [5, 5.41) is 12.2. The van der Waals surface area contributed by atoms with Crippen molar-refractivity contribution < 1.29 is 24.2 Å². The van der Waals surface area contributed by atoms with Crippen LogP contribution in [0.15, 0.2) is 60.7 Å². The van der Waals surface area contributed by atoms with Gasteiger partial charge in [-0.25, -0.2) is 4.79 Å². The summed E-state index contributed by atoms with van der Waals surface area (Å²) < 4.78 is 11.3. The summed E-state index contributed by atoms with van der Waals surface area (Å²) in [5.74, 6) is 0.414. The lowest BCUT2D eigenvalue weighted by atomic mass is 9.94. The molecule has 3 aromatic rings. The highest BCUT2D eigenvalue weighted by atomic mass is 16.6. The summed E-state index contributed by atoms with van der Waals surface area (Å²) >= 11 is 0. The SMILES string of the molecule is Cc1ccc(NC(=O)C2(c3ccc4c(c3)OCCO4)CC2)cc1-c1ccc(C(=O)O)cc1. The van der Waals surface area contributed by atoms with Crippen LogP contribution in [0.2, 0.25) is 0 Å². The van der Waals surface area contributed by atoms with Gasteiger partial charge < -0.3 is 19.9 Å². The van der Waals surface area contributed by atoms with E-state index in [0.29, 0.717) is 30.4 Å². The summed E-state index contributed by atoms with van der Waals surface area (Å²) in [4.78, 5) is 24.4. The third-order valence-electron chi connectivity index (χ3n) is 6.22. The van der Waals surface area contributed by atoms with Crippen LogP contribution in [0.4, 0.5) is 5.69 Å². The van der Waals surface area contributed by atoms with E-state index < -0.39 is 11.4 Å². The number of aryl methyl sites for hydroxylation is 1. The van der Waals surface area contributed by atoms with E-state index in [4.69, 9.17) is 14.6 Å². The lowest BCUT2D eigenvalue weighted by Gasteiger charge is -2.22. The normalized spacial score (nSPS) is 15.7. The molecule has 1 fully saturated rings. The molecule has 0 bridgehead atoms. The van der Waals surface area contributed by atoms with Gasteiger partial charge in [0.25, 0.3) is 0 Å². The van der Waals surface area contributed by atoms with E-state index >= 15 is 0 Å². The highest BCUT2D eigenvalue weighted by Crippen LogP contribution is 2.51. The maximum Gasteiger partial charge on any atom is 0.335 e. The minimum absolute atomic E-state index is 0.0368. The van der Waals surface area contributed by atoms with Gasteiger partial charge in [-0.05, 0) is 78.4 Å². The smallest absolute Gasteiger partial charge is 0.335 e. The molecule has 2 N–H and O–H groups in total. The first kappa shape index (κ1) is 20.1. The second kappa shape index (κ2) is 7.71. The Kier molecular flexibility index (Phi) is 4.85. The zero-order valence-electron chi connectivity index (χ0n) is 17.7. The monoisotopic (exact) mass is 429 g/mol. The van der Waals surface area contributed by atoms with Crippen molar-refractivity contribution in [3.8, 4) is 22.6 Å². The molecule has 1 amide bonds. The Hall–Kier alpha value is -3.80. The molecule has 2 aliphatic rings. The number of amides is 1. The van der Waals surface area contributed by atoms with E-state index in [1.54, 1.807) is 24.3 Å². The molecule has 0 atom stereocenters. The molecule has 1 heterocycles. The van der Waals surface area contributed by atoms with Crippen molar-refractivity contribution in [2.45, 2.75) is 25.2 Å². The van der Waals surface area contributed by atoms with Crippen molar-refractivity contribution >= 4 is 17.6 Å². The quantitative estimate of drug-likeness (QED) is 0.609. The number of hydrogen-bond donors (Lipinski definition) is 2. The Bertz CT molecular complexity index is 1210. The predicted octanol–water partition coefficient (Wildman–Crippen LogP) is 4.80. The van der Waals surface area contributed by atoms with Crippen molar-refractivity contribution in [2.75, 3.05) is 18.5 Å². The standard InChI is InChI=1S/C26H23NO5/c1-16-2-8-20(15-21(16)17-3-5-18(6-4-17)24(28)29)27-25(30)26(10-11-26)19-7-9-22-23(14-19)32-13-12-31-22/h2-9,14-15H,10-13H2,1H3,(H,27,30)(H,28,29). The van der Waals surface area contributed by atoms with Crippen molar-refractivity contribution in [3.63, 3.8) is 0 Å². The molecule has 1 aliphatic heterocycles. The van der Waals surface area contributed by atoms with Crippen LogP contribution in [0.1, 0.15) is 34.3 Å². The molecule has 0 unspecified atom stereocenters. The van der Waals surface area contributed by atoms with E-state index in [9.17, 15) is 9.59 Å².